The fourth-order valence-electron chi connectivity index (χ4n) is 1.17. The minimum atomic E-state index is -2.86. The zero-order valence-electron chi connectivity index (χ0n) is 8.56. The minimum absolute atomic E-state index is 1.21. The molecule has 6 heteroatoms. The molecule has 2 rings (SSSR count). The molecule has 0 spiro atoms. The van der Waals surface area contributed by atoms with Gasteiger partial charge in [0.2, 0.25) is 0 Å². The van der Waals surface area contributed by atoms with Crippen LogP contribution in [0.5, 0.6) is 0 Å². The van der Waals surface area contributed by atoms with E-state index in [1.807, 2.05) is 42.7 Å². The third-order valence-corrected chi connectivity index (χ3v) is 1.79. The predicted molar refractivity (Wildman–Crippen MR) is 78.8 cm³/mol. The second-order valence-corrected chi connectivity index (χ2v) is 19.0. The maximum Gasteiger partial charge on any atom is 0.0273 e. The molecule has 0 N–H and O–H groups in total. The van der Waals surface area contributed by atoms with Crippen LogP contribution in [0.3, 0.4) is 0 Å². The van der Waals surface area contributed by atoms with E-state index in [0.717, 1.165) is 0 Å². The summed E-state index contributed by atoms with van der Waals surface area (Å²) in [6, 6.07) is 14.3. The molecule has 92 valence electrons. The van der Waals surface area contributed by atoms with Crippen molar-refractivity contribution in [2.45, 2.75) is 0 Å². The molecule has 2 aromatic rings. The van der Waals surface area contributed by atoms with E-state index in [2.05, 4.69) is 17.1 Å². The van der Waals surface area contributed by atoms with Crippen molar-refractivity contribution in [2.75, 3.05) is 0 Å². The monoisotopic (exact) mass is 375 g/mol. The third-order valence-electron chi connectivity index (χ3n) is 1.79. The maximum absolute atomic E-state index is 4.98. The van der Waals surface area contributed by atoms with Crippen molar-refractivity contribution in [3.8, 4) is 11.1 Å². The van der Waals surface area contributed by atoms with E-state index in [4.69, 9.17) is 40.4 Å². The average molecular weight is 376 g/mol. The molecule has 0 radical (unpaired) electrons. The number of pyridine rings is 1. The van der Waals surface area contributed by atoms with Crippen LogP contribution in [0.1, 0.15) is 0 Å². The van der Waals surface area contributed by atoms with Gasteiger partial charge in [0, 0.05) is 12.4 Å². The topological polar surface area (TPSA) is 12.9 Å². The number of benzene rings is 1. The smallest absolute Gasteiger partial charge is 0.0273 e. The van der Waals surface area contributed by atoms with E-state index in [1.165, 1.54) is 11.1 Å². The van der Waals surface area contributed by atoms with Gasteiger partial charge in [-0.1, -0.05) is 30.3 Å². The maximum atomic E-state index is 4.98. The predicted octanol–water partition coefficient (Wildman–Crippen LogP) is 5.13. The van der Waals surface area contributed by atoms with Gasteiger partial charge in [0.25, 0.3) is 0 Å². The summed E-state index contributed by atoms with van der Waals surface area (Å²) in [5.41, 5.74) is 2.45. The standard InChI is InChI=1S/C11H9N.Cl4Se/c1-2-4-10(5-3-1)11-6-8-12-9-7-11;1-5(2,3)4/h1-9H;. The number of hydrogen-bond acceptors (Lipinski definition) is 1. The van der Waals surface area contributed by atoms with E-state index < -0.39 is 9.20 Å². The Labute approximate surface area is 120 Å². The Bertz CT molecular complexity index is 387. The van der Waals surface area contributed by atoms with Crippen molar-refractivity contribution in [1.82, 2.24) is 4.98 Å². The summed E-state index contributed by atoms with van der Waals surface area (Å²) >= 11 is 0. The zero-order valence-corrected chi connectivity index (χ0v) is 13.3. The molecule has 17 heavy (non-hydrogen) atoms. The van der Waals surface area contributed by atoms with Crippen LogP contribution in [0.15, 0.2) is 54.9 Å². The summed E-state index contributed by atoms with van der Waals surface area (Å²) in [4.78, 5) is 3.97. The number of nitrogens with zero attached hydrogens (tertiary/aromatic N) is 1. The second-order valence-electron chi connectivity index (χ2n) is 2.95. The van der Waals surface area contributed by atoms with Gasteiger partial charge in [-0.2, -0.15) is 0 Å². The molecule has 1 aromatic heterocycles. The van der Waals surface area contributed by atoms with Crippen molar-refractivity contribution in [3.63, 3.8) is 0 Å². The Morgan fingerprint density at radius 2 is 1.12 bits per heavy atom. The van der Waals surface area contributed by atoms with Gasteiger partial charge < -0.3 is 0 Å². The van der Waals surface area contributed by atoms with Crippen LogP contribution >= 0.6 is 40.4 Å². The molecule has 1 aromatic carbocycles. The molecule has 0 aliphatic heterocycles. The van der Waals surface area contributed by atoms with Crippen molar-refractivity contribution < 1.29 is 0 Å². The molecular weight excluding hydrogens is 367 g/mol. The van der Waals surface area contributed by atoms with Crippen LogP contribution in [-0.2, 0) is 0 Å². The van der Waals surface area contributed by atoms with Gasteiger partial charge >= 0.3 is 49.6 Å². The summed E-state index contributed by atoms with van der Waals surface area (Å²) < 4.78 is 0. The van der Waals surface area contributed by atoms with Gasteiger partial charge in [-0.25, -0.2) is 0 Å². The summed E-state index contributed by atoms with van der Waals surface area (Å²) in [5, 5.41) is 0. The molecule has 1 nitrogen and oxygen atoms in total. The Morgan fingerprint density at radius 3 is 1.59 bits per heavy atom. The summed E-state index contributed by atoms with van der Waals surface area (Å²) in [6.07, 6.45) is 3.62. The van der Waals surface area contributed by atoms with Crippen LogP contribution in [0.25, 0.3) is 11.1 Å². The van der Waals surface area contributed by atoms with E-state index >= 15 is 0 Å². The minimum Gasteiger partial charge on any atom is -0.265 e. The zero-order chi connectivity index (χ0) is 12.7. The molecule has 0 fully saturated rings. The van der Waals surface area contributed by atoms with Crippen LogP contribution in [-0.4, -0.2) is 14.2 Å². The fraction of sp³-hybridized carbons (Fsp3) is 0. The Balaban J connectivity index is 0.000000249. The van der Waals surface area contributed by atoms with Gasteiger partial charge in [-0.05, 0) is 23.3 Å². The summed E-state index contributed by atoms with van der Waals surface area (Å²) in [6.45, 7) is 0. The molecule has 1 heterocycles. The van der Waals surface area contributed by atoms with Gasteiger partial charge in [0.05, 0.1) is 0 Å². The molecule has 0 saturated heterocycles. The van der Waals surface area contributed by atoms with E-state index in [1.54, 1.807) is 0 Å². The normalized spacial score (nSPS) is 11.3. The van der Waals surface area contributed by atoms with Gasteiger partial charge in [-0.3, -0.25) is 4.98 Å². The first-order valence-corrected chi connectivity index (χ1v) is 13.5. The Kier molecular flexibility index (Phi) is 6.64. The van der Waals surface area contributed by atoms with Gasteiger partial charge in [0.1, 0.15) is 0 Å². The van der Waals surface area contributed by atoms with E-state index in [0.29, 0.717) is 0 Å². The first-order valence-electron chi connectivity index (χ1n) is 4.54. The van der Waals surface area contributed by atoms with Crippen molar-refractivity contribution in [2.24, 2.45) is 0 Å². The van der Waals surface area contributed by atoms with Crippen molar-refractivity contribution in [1.29, 1.82) is 0 Å². The molecule has 0 unspecified atom stereocenters. The molecule has 0 atom stereocenters. The van der Waals surface area contributed by atoms with E-state index in [-0.39, 0.29) is 0 Å². The van der Waals surface area contributed by atoms with Crippen LogP contribution in [0.4, 0.5) is 0 Å². The molecule has 0 amide bonds. The van der Waals surface area contributed by atoms with Gasteiger partial charge in [-0.15, -0.1) is 0 Å². The molecule has 0 bridgehead atoms. The molecular formula is C11H9Cl4NSe. The summed E-state index contributed by atoms with van der Waals surface area (Å²) in [7, 11) is 17.1. The fourth-order valence-corrected chi connectivity index (χ4v) is 1.17. The first kappa shape index (κ1) is 15.1. The van der Waals surface area contributed by atoms with E-state index in [9.17, 15) is 0 Å². The number of aromatic nitrogens is 1. The summed E-state index contributed by atoms with van der Waals surface area (Å²) in [5.74, 6) is 0. The molecule has 0 saturated carbocycles. The Morgan fingerprint density at radius 1 is 0.706 bits per heavy atom. The molecule has 0 aliphatic carbocycles. The van der Waals surface area contributed by atoms with Crippen molar-refractivity contribution in [3.05, 3.63) is 54.9 Å². The second kappa shape index (κ2) is 7.48. The van der Waals surface area contributed by atoms with Gasteiger partial charge in [0.15, 0.2) is 0 Å². The number of hydrogen-bond donors (Lipinski definition) is 0. The Hall–Kier alpha value is 0.0495. The average Bonchev–Trinajstić information content (AvgIpc) is 2.29. The van der Waals surface area contributed by atoms with Crippen LogP contribution in [0, 0.1) is 0 Å². The molecule has 0 aliphatic rings. The van der Waals surface area contributed by atoms with Crippen LogP contribution < -0.4 is 0 Å². The van der Waals surface area contributed by atoms with Crippen molar-refractivity contribution >= 4 is 49.6 Å². The number of rotatable bonds is 1. The van der Waals surface area contributed by atoms with Crippen LogP contribution in [0.2, 0.25) is 0 Å². The largest absolute Gasteiger partial charge is 0.265 e. The quantitative estimate of drug-likeness (QED) is 0.630. The number of halogens is 4. The first-order chi connectivity index (χ1) is 7.97. The SMILES string of the molecule is Cl[Se](Cl)(Cl)Cl.c1ccc(-c2ccncc2)cc1. The third kappa shape index (κ3) is 7.88.